The van der Waals surface area contributed by atoms with Crippen molar-refractivity contribution < 1.29 is 13.2 Å². The summed E-state index contributed by atoms with van der Waals surface area (Å²) in [6.45, 7) is 4.42. The van der Waals surface area contributed by atoms with Crippen molar-refractivity contribution in [3.05, 3.63) is 52.0 Å². The van der Waals surface area contributed by atoms with Gasteiger partial charge in [-0.15, -0.1) is 16.4 Å². The molecule has 1 amide bonds. The van der Waals surface area contributed by atoms with Gasteiger partial charge in [-0.3, -0.25) is 4.79 Å². The van der Waals surface area contributed by atoms with E-state index in [0.717, 1.165) is 22.2 Å². The number of carbonyl (C=O) groups is 1. The fourth-order valence-corrected chi connectivity index (χ4v) is 6.05. The van der Waals surface area contributed by atoms with E-state index in [9.17, 15) is 13.2 Å². The Morgan fingerprint density at radius 3 is 2.65 bits per heavy atom. The Bertz CT molecular complexity index is 1220. The van der Waals surface area contributed by atoms with Crippen LogP contribution in [0.4, 0.5) is 5.69 Å². The van der Waals surface area contributed by atoms with Gasteiger partial charge in [-0.2, -0.15) is 5.10 Å². The van der Waals surface area contributed by atoms with Crippen molar-refractivity contribution in [2.45, 2.75) is 32.7 Å². The van der Waals surface area contributed by atoms with Gasteiger partial charge in [-0.25, -0.2) is 13.1 Å². The van der Waals surface area contributed by atoms with E-state index >= 15 is 0 Å². The Morgan fingerprint density at radius 1 is 1.23 bits per heavy atom. The molecule has 10 heteroatoms. The van der Waals surface area contributed by atoms with Gasteiger partial charge in [0.1, 0.15) is 9.71 Å². The average Bonchev–Trinajstić information content (AvgIpc) is 3.05. The van der Waals surface area contributed by atoms with Gasteiger partial charge in [0, 0.05) is 18.5 Å². The maximum atomic E-state index is 12.9. The van der Waals surface area contributed by atoms with Crippen LogP contribution in [0.5, 0.6) is 0 Å². The molecule has 0 aliphatic carbocycles. The van der Waals surface area contributed by atoms with E-state index in [2.05, 4.69) is 14.9 Å². The summed E-state index contributed by atoms with van der Waals surface area (Å²) in [7, 11) is -3.39. The highest BCUT2D eigenvalue weighted by molar-refractivity contribution is 7.89. The number of anilines is 1. The molecule has 0 bridgehead atoms. The van der Waals surface area contributed by atoms with Crippen LogP contribution >= 0.6 is 11.3 Å². The molecule has 1 aromatic carbocycles. The van der Waals surface area contributed by atoms with Crippen LogP contribution in [0.2, 0.25) is 0 Å². The minimum absolute atomic E-state index is 0.0624. The predicted octanol–water partition coefficient (Wildman–Crippen LogP) is 2.27. The van der Waals surface area contributed by atoms with Crippen molar-refractivity contribution in [1.29, 1.82) is 0 Å². The number of nitrogens with one attached hydrogen (secondary N) is 1. The number of hydrogen-bond donors (Lipinski definition) is 2. The van der Waals surface area contributed by atoms with Crippen LogP contribution in [0.15, 0.2) is 30.3 Å². The number of nitrogens with zero attached hydrogens (tertiary/aromatic N) is 3. The molecule has 4 rings (SSSR count). The fourth-order valence-electron chi connectivity index (χ4n) is 3.69. The number of benzene rings is 1. The van der Waals surface area contributed by atoms with Gasteiger partial charge >= 0.3 is 0 Å². The van der Waals surface area contributed by atoms with Crippen molar-refractivity contribution in [2.24, 2.45) is 0 Å². The van der Waals surface area contributed by atoms with E-state index in [0.29, 0.717) is 41.3 Å². The Morgan fingerprint density at radius 2 is 1.94 bits per heavy atom. The lowest BCUT2D eigenvalue weighted by atomic mass is 10.1. The van der Waals surface area contributed by atoms with E-state index in [1.54, 1.807) is 4.90 Å². The highest BCUT2D eigenvalue weighted by Gasteiger charge is 2.35. The quantitative estimate of drug-likeness (QED) is 0.560. The molecule has 1 aliphatic heterocycles. The van der Waals surface area contributed by atoms with Crippen molar-refractivity contribution in [3.8, 4) is 0 Å². The van der Waals surface area contributed by atoms with E-state index in [1.165, 1.54) is 11.3 Å². The molecule has 31 heavy (non-hydrogen) atoms. The Kier molecular flexibility index (Phi) is 5.96. The molecule has 3 heterocycles. The first kappa shape index (κ1) is 21.7. The minimum atomic E-state index is -3.39. The van der Waals surface area contributed by atoms with Crippen LogP contribution in [0, 0.1) is 13.8 Å². The highest BCUT2D eigenvalue weighted by atomic mass is 32.2. The third kappa shape index (κ3) is 4.56. The van der Waals surface area contributed by atoms with Crippen LogP contribution in [-0.4, -0.2) is 54.3 Å². The molecule has 3 N–H and O–H groups in total. The fraction of sp³-hybridized carbons (Fsp3) is 0.381. The molecule has 0 atom stereocenters. The summed E-state index contributed by atoms with van der Waals surface area (Å²) in [5.41, 5.74) is 9.49. The second kappa shape index (κ2) is 8.52. The lowest BCUT2D eigenvalue weighted by Gasteiger charge is -2.39. The number of rotatable bonds is 7. The predicted molar refractivity (Wildman–Crippen MR) is 123 cm³/mol. The summed E-state index contributed by atoms with van der Waals surface area (Å²) in [4.78, 5) is 15.6. The molecule has 164 valence electrons. The zero-order valence-electron chi connectivity index (χ0n) is 17.5. The largest absolute Gasteiger partial charge is 0.397 e. The first-order valence-electron chi connectivity index (χ1n) is 10.1. The molecule has 1 fully saturated rings. The van der Waals surface area contributed by atoms with Crippen LogP contribution < -0.4 is 10.5 Å². The molecule has 8 nitrogen and oxygen atoms in total. The number of hydrogen-bond acceptors (Lipinski definition) is 7. The van der Waals surface area contributed by atoms with Crippen molar-refractivity contribution in [2.75, 3.05) is 24.6 Å². The SMILES string of the molecule is Cc1nnc2sc(C(=O)N3CC(NS(=O)(=O)CCCc4ccccc4)C3)c(N)c2c1C. The molecule has 2 aromatic heterocycles. The highest BCUT2D eigenvalue weighted by Crippen LogP contribution is 2.36. The summed E-state index contributed by atoms with van der Waals surface area (Å²) in [5, 5.41) is 9.02. The summed E-state index contributed by atoms with van der Waals surface area (Å²) < 4.78 is 27.4. The van der Waals surface area contributed by atoms with Gasteiger partial charge in [0.05, 0.1) is 23.2 Å². The molecule has 1 aliphatic rings. The second-order valence-corrected chi connectivity index (χ2v) is 10.7. The van der Waals surface area contributed by atoms with Gasteiger partial charge < -0.3 is 10.6 Å². The molecule has 0 saturated carbocycles. The van der Waals surface area contributed by atoms with Crippen LogP contribution in [0.3, 0.4) is 0 Å². The summed E-state index contributed by atoms with van der Waals surface area (Å²) in [6.07, 6.45) is 1.26. The summed E-state index contributed by atoms with van der Waals surface area (Å²) in [5.74, 6) is -0.135. The monoisotopic (exact) mass is 459 g/mol. The third-order valence-electron chi connectivity index (χ3n) is 5.57. The number of likely N-dealkylation sites (tertiary alicyclic amines) is 1. The number of aryl methyl sites for hydroxylation is 3. The van der Waals surface area contributed by atoms with Crippen LogP contribution in [0.1, 0.15) is 32.9 Å². The van der Waals surface area contributed by atoms with Gasteiger partial charge in [-0.1, -0.05) is 30.3 Å². The molecule has 0 unspecified atom stereocenters. The summed E-state index contributed by atoms with van der Waals surface area (Å²) >= 11 is 1.23. The molecule has 1 saturated heterocycles. The van der Waals surface area contributed by atoms with Crippen molar-refractivity contribution in [1.82, 2.24) is 19.8 Å². The van der Waals surface area contributed by atoms with Crippen LogP contribution in [0.25, 0.3) is 10.2 Å². The normalized spacial score (nSPS) is 14.7. The van der Waals surface area contributed by atoms with Crippen LogP contribution in [-0.2, 0) is 16.4 Å². The number of nitrogen functional groups attached to an aromatic ring is 1. The number of thiophene rings is 1. The van der Waals surface area contributed by atoms with Gasteiger partial charge in [0.25, 0.3) is 5.91 Å². The van der Waals surface area contributed by atoms with Gasteiger partial charge in [-0.05, 0) is 37.8 Å². The maximum Gasteiger partial charge on any atom is 0.266 e. The minimum Gasteiger partial charge on any atom is -0.397 e. The summed E-state index contributed by atoms with van der Waals surface area (Å²) in [6, 6.07) is 9.53. The molecule has 0 spiro atoms. The van der Waals surface area contributed by atoms with Gasteiger partial charge in [0.15, 0.2) is 0 Å². The smallest absolute Gasteiger partial charge is 0.266 e. The standard InChI is InChI=1S/C21H25N5O3S2/c1-13-14(2)23-24-20-17(13)18(22)19(30-20)21(27)26-11-16(12-26)25-31(28,29)10-6-9-15-7-4-3-5-8-15/h3-5,7-8,16,25H,6,9-12,22H2,1-2H3. The second-order valence-electron chi connectivity index (χ2n) is 7.87. The number of sulfonamides is 1. The van der Waals surface area contributed by atoms with Gasteiger partial charge in [0.2, 0.25) is 10.0 Å². The number of aromatic nitrogens is 2. The van der Waals surface area contributed by atoms with E-state index in [-0.39, 0.29) is 17.7 Å². The van der Waals surface area contributed by atoms with E-state index in [1.807, 2.05) is 44.2 Å². The number of fused-ring (bicyclic) bond motifs is 1. The zero-order valence-corrected chi connectivity index (χ0v) is 19.1. The van der Waals surface area contributed by atoms with E-state index in [4.69, 9.17) is 5.73 Å². The van der Waals surface area contributed by atoms with E-state index < -0.39 is 10.0 Å². The lowest BCUT2D eigenvalue weighted by Crippen LogP contribution is -2.61. The Balaban J connectivity index is 1.32. The first-order chi connectivity index (χ1) is 14.7. The molecular weight excluding hydrogens is 434 g/mol. The molecule has 3 aromatic rings. The zero-order chi connectivity index (χ0) is 22.2. The third-order valence-corrected chi connectivity index (χ3v) is 8.16. The maximum absolute atomic E-state index is 12.9. The Hall–Kier alpha value is -2.56. The average molecular weight is 460 g/mol. The Labute approximate surface area is 185 Å². The molecular formula is C21H25N5O3S2. The molecule has 0 radical (unpaired) electrons. The topological polar surface area (TPSA) is 118 Å². The number of amides is 1. The number of nitrogens with two attached hydrogens (primary N) is 1. The lowest BCUT2D eigenvalue weighted by molar-refractivity contribution is 0.0598. The number of carbonyl (C=O) groups excluding carboxylic acids is 1. The first-order valence-corrected chi connectivity index (χ1v) is 12.6. The van der Waals surface area contributed by atoms with Crippen molar-refractivity contribution >= 4 is 43.2 Å². The van der Waals surface area contributed by atoms with Crippen molar-refractivity contribution in [3.63, 3.8) is 0 Å².